The van der Waals surface area contributed by atoms with Gasteiger partial charge < -0.3 is 14.1 Å². The highest BCUT2D eigenvalue weighted by Crippen LogP contribution is 2.19. The van der Waals surface area contributed by atoms with Gasteiger partial charge >= 0.3 is 0 Å². The Hall–Kier alpha value is -2.18. The molecule has 0 bridgehead atoms. The van der Waals surface area contributed by atoms with Crippen LogP contribution in [0.4, 0.5) is 0 Å². The Morgan fingerprint density at radius 3 is 2.69 bits per heavy atom. The first-order valence-corrected chi connectivity index (χ1v) is 9.39. The van der Waals surface area contributed by atoms with E-state index in [4.69, 9.17) is 9.15 Å². The molecule has 6 heteroatoms. The number of hydrogen-bond acceptors (Lipinski definition) is 5. The summed E-state index contributed by atoms with van der Waals surface area (Å²) < 4.78 is 11.2. The van der Waals surface area contributed by atoms with Crippen LogP contribution in [0.15, 0.2) is 41.0 Å². The molecule has 0 spiro atoms. The van der Waals surface area contributed by atoms with Gasteiger partial charge in [-0.15, -0.1) is 0 Å². The predicted molar refractivity (Wildman–Crippen MR) is 97.6 cm³/mol. The van der Waals surface area contributed by atoms with E-state index in [9.17, 15) is 4.79 Å². The zero-order chi connectivity index (χ0) is 17.8. The average molecular weight is 355 g/mol. The van der Waals surface area contributed by atoms with E-state index in [0.29, 0.717) is 24.1 Å². The quantitative estimate of drug-likeness (QED) is 0.823. The maximum atomic E-state index is 12.6. The van der Waals surface area contributed by atoms with Gasteiger partial charge in [-0.3, -0.25) is 9.69 Å². The van der Waals surface area contributed by atoms with Crippen molar-refractivity contribution in [2.24, 2.45) is 0 Å². The summed E-state index contributed by atoms with van der Waals surface area (Å²) in [6.45, 7) is 5.26. The fourth-order valence-corrected chi connectivity index (χ4v) is 3.62. The Kier molecular flexibility index (Phi) is 5.32. The van der Waals surface area contributed by atoms with Gasteiger partial charge in [-0.25, -0.2) is 4.98 Å². The lowest BCUT2D eigenvalue weighted by Gasteiger charge is -2.35. The van der Waals surface area contributed by atoms with Crippen molar-refractivity contribution in [1.82, 2.24) is 14.8 Å². The number of piperazine rings is 1. The Labute approximate surface area is 153 Å². The molecular formula is C20H25N3O3. The van der Waals surface area contributed by atoms with E-state index >= 15 is 0 Å². The maximum absolute atomic E-state index is 12.6. The van der Waals surface area contributed by atoms with Crippen molar-refractivity contribution < 1.29 is 13.9 Å². The Bertz CT molecular complexity index is 717. The third-order valence-electron chi connectivity index (χ3n) is 5.12. The van der Waals surface area contributed by atoms with Crippen LogP contribution in [0.25, 0.3) is 11.5 Å². The fraction of sp³-hybridized carbons (Fsp3) is 0.500. The van der Waals surface area contributed by atoms with Gasteiger partial charge in [0.25, 0.3) is 0 Å². The summed E-state index contributed by atoms with van der Waals surface area (Å²) >= 11 is 0. The second-order valence-electron chi connectivity index (χ2n) is 7.00. The normalized spacial score (nSPS) is 21.2. The number of benzene rings is 1. The first-order valence-electron chi connectivity index (χ1n) is 9.39. The summed E-state index contributed by atoms with van der Waals surface area (Å²) in [6, 6.07) is 9.74. The predicted octanol–water partition coefficient (Wildman–Crippen LogP) is 2.21. The molecule has 1 aromatic carbocycles. The van der Waals surface area contributed by atoms with Crippen molar-refractivity contribution in [2.45, 2.75) is 25.4 Å². The van der Waals surface area contributed by atoms with Crippen molar-refractivity contribution in [1.29, 1.82) is 0 Å². The second-order valence-corrected chi connectivity index (χ2v) is 7.00. The number of nitrogens with zero attached hydrogens (tertiary/aromatic N) is 3. The standard InChI is InChI=1S/C20H25N3O3/c24-19(13-17-15-26-20(21-17)16-5-2-1-3-6-16)23-10-8-22(9-11-23)14-18-7-4-12-25-18/h1-3,5-6,15,18H,4,7-14H2. The average Bonchev–Trinajstić information content (AvgIpc) is 3.35. The lowest BCUT2D eigenvalue weighted by Crippen LogP contribution is -2.50. The third-order valence-corrected chi connectivity index (χ3v) is 5.12. The smallest absolute Gasteiger partial charge is 0.228 e. The van der Waals surface area contributed by atoms with Crippen LogP contribution in [-0.4, -0.2) is 66.1 Å². The first kappa shape index (κ1) is 17.2. The first-order chi connectivity index (χ1) is 12.8. The molecule has 26 heavy (non-hydrogen) atoms. The van der Waals surface area contributed by atoms with E-state index in [0.717, 1.165) is 51.3 Å². The molecule has 138 valence electrons. The van der Waals surface area contributed by atoms with Crippen molar-refractivity contribution in [2.75, 3.05) is 39.3 Å². The molecule has 2 saturated heterocycles. The molecule has 2 fully saturated rings. The summed E-state index contributed by atoms with van der Waals surface area (Å²) in [5.74, 6) is 0.685. The highest BCUT2D eigenvalue weighted by atomic mass is 16.5. The molecule has 1 atom stereocenters. The van der Waals surface area contributed by atoms with Gasteiger partial charge in [0.15, 0.2) is 0 Å². The van der Waals surface area contributed by atoms with E-state index in [1.54, 1.807) is 6.26 Å². The van der Waals surface area contributed by atoms with Crippen molar-refractivity contribution in [3.8, 4) is 11.5 Å². The number of carbonyl (C=O) groups excluding carboxylic acids is 1. The molecule has 3 heterocycles. The molecule has 0 radical (unpaired) electrons. The van der Waals surface area contributed by atoms with Gasteiger partial charge in [0, 0.05) is 44.9 Å². The number of carbonyl (C=O) groups is 1. The van der Waals surface area contributed by atoms with Crippen molar-refractivity contribution in [3.05, 3.63) is 42.3 Å². The van der Waals surface area contributed by atoms with E-state index in [2.05, 4.69) is 9.88 Å². The highest BCUT2D eigenvalue weighted by molar-refractivity contribution is 5.78. The van der Waals surface area contributed by atoms with Crippen LogP contribution >= 0.6 is 0 Å². The monoisotopic (exact) mass is 355 g/mol. The minimum Gasteiger partial charge on any atom is -0.444 e. The minimum absolute atomic E-state index is 0.120. The van der Waals surface area contributed by atoms with Crippen LogP contribution in [0.1, 0.15) is 18.5 Å². The van der Waals surface area contributed by atoms with Gasteiger partial charge in [0.05, 0.1) is 18.2 Å². The van der Waals surface area contributed by atoms with Crippen LogP contribution in [0.3, 0.4) is 0 Å². The zero-order valence-corrected chi connectivity index (χ0v) is 15.0. The number of amides is 1. The van der Waals surface area contributed by atoms with Gasteiger partial charge in [-0.2, -0.15) is 0 Å². The summed E-state index contributed by atoms with van der Waals surface area (Å²) in [7, 11) is 0. The second kappa shape index (κ2) is 8.01. The largest absolute Gasteiger partial charge is 0.444 e. The topological polar surface area (TPSA) is 58.8 Å². The number of ether oxygens (including phenoxy) is 1. The molecule has 1 aromatic heterocycles. The van der Waals surface area contributed by atoms with Gasteiger partial charge in [0.1, 0.15) is 6.26 Å². The summed E-state index contributed by atoms with van der Waals surface area (Å²) in [5, 5.41) is 0. The molecule has 1 unspecified atom stereocenters. The molecule has 1 amide bonds. The SMILES string of the molecule is O=C(Cc1coc(-c2ccccc2)n1)N1CCN(CC2CCCO2)CC1. The number of aromatic nitrogens is 1. The Morgan fingerprint density at radius 1 is 1.15 bits per heavy atom. The maximum Gasteiger partial charge on any atom is 0.228 e. The highest BCUT2D eigenvalue weighted by Gasteiger charge is 2.25. The van der Waals surface area contributed by atoms with E-state index in [1.165, 1.54) is 6.42 Å². The Balaban J connectivity index is 1.27. The van der Waals surface area contributed by atoms with E-state index < -0.39 is 0 Å². The van der Waals surface area contributed by atoms with Crippen LogP contribution in [-0.2, 0) is 16.0 Å². The van der Waals surface area contributed by atoms with Crippen LogP contribution in [0, 0.1) is 0 Å². The van der Waals surface area contributed by atoms with Gasteiger partial charge in [-0.1, -0.05) is 18.2 Å². The molecule has 0 saturated carbocycles. The van der Waals surface area contributed by atoms with Gasteiger partial charge in [0.2, 0.25) is 11.8 Å². The number of rotatable bonds is 5. The molecule has 4 rings (SSSR count). The molecule has 0 aliphatic carbocycles. The van der Waals surface area contributed by atoms with Crippen LogP contribution in [0.5, 0.6) is 0 Å². The lowest BCUT2D eigenvalue weighted by atomic mass is 10.2. The van der Waals surface area contributed by atoms with Gasteiger partial charge in [-0.05, 0) is 25.0 Å². The van der Waals surface area contributed by atoms with Crippen LogP contribution in [0.2, 0.25) is 0 Å². The molecule has 2 aliphatic heterocycles. The van der Waals surface area contributed by atoms with Crippen LogP contribution < -0.4 is 0 Å². The summed E-state index contributed by atoms with van der Waals surface area (Å²) in [6.07, 6.45) is 4.60. The van der Waals surface area contributed by atoms with E-state index in [-0.39, 0.29) is 5.91 Å². The number of hydrogen-bond donors (Lipinski definition) is 0. The molecule has 0 N–H and O–H groups in total. The lowest BCUT2D eigenvalue weighted by molar-refractivity contribution is -0.132. The van der Waals surface area contributed by atoms with E-state index in [1.807, 2.05) is 35.2 Å². The van der Waals surface area contributed by atoms with Crippen molar-refractivity contribution >= 4 is 5.91 Å². The molecule has 2 aromatic rings. The third kappa shape index (κ3) is 4.14. The fourth-order valence-electron chi connectivity index (χ4n) is 3.62. The number of oxazole rings is 1. The molecule has 2 aliphatic rings. The van der Waals surface area contributed by atoms with Crippen molar-refractivity contribution in [3.63, 3.8) is 0 Å². The summed E-state index contributed by atoms with van der Waals surface area (Å²) in [5.41, 5.74) is 1.62. The minimum atomic E-state index is 0.120. The zero-order valence-electron chi connectivity index (χ0n) is 15.0. The summed E-state index contributed by atoms with van der Waals surface area (Å²) in [4.78, 5) is 21.4. The molecule has 6 nitrogen and oxygen atoms in total. The Morgan fingerprint density at radius 2 is 1.96 bits per heavy atom. The molecular weight excluding hydrogens is 330 g/mol.